The van der Waals surface area contributed by atoms with E-state index in [0.29, 0.717) is 16.3 Å². The van der Waals surface area contributed by atoms with Crippen molar-refractivity contribution in [3.63, 3.8) is 0 Å². The van der Waals surface area contributed by atoms with E-state index in [0.717, 1.165) is 16.0 Å². The van der Waals surface area contributed by atoms with Gasteiger partial charge in [-0.1, -0.05) is 36.4 Å². The zero-order valence-corrected chi connectivity index (χ0v) is 17.8. The zero-order valence-electron chi connectivity index (χ0n) is 16.2. The van der Waals surface area contributed by atoms with Crippen molar-refractivity contribution in [2.45, 2.75) is 24.0 Å². The Morgan fingerprint density at radius 1 is 1.17 bits per heavy atom. The first-order valence-corrected chi connectivity index (χ1v) is 10.9. The Labute approximate surface area is 178 Å². The molecule has 3 rings (SSSR count). The number of amides is 1. The van der Waals surface area contributed by atoms with Crippen LogP contribution < -0.4 is 11.1 Å². The van der Waals surface area contributed by atoms with Gasteiger partial charge in [-0.25, -0.2) is 4.79 Å². The van der Waals surface area contributed by atoms with Gasteiger partial charge in [-0.15, -0.1) is 23.1 Å². The number of rotatable bonds is 7. The first-order valence-electron chi connectivity index (χ1n) is 9.16. The third-order valence-corrected chi connectivity index (χ3v) is 6.12. The Morgan fingerprint density at radius 3 is 2.62 bits per heavy atom. The molecule has 0 spiro atoms. The van der Waals surface area contributed by atoms with Gasteiger partial charge in [0.2, 0.25) is 5.91 Å². The highest BCUT2D eigenvalue weighted by Gasteiger charge is 2.24. The number of nitrogens with two attached hydrogens (primary N) is 1. The largest absolute Gasteiger partial charge is 0.462 e. The van der Waals surface area contributed by atoms with Gasteiger partial charge in [0.15, 0.2) is 0 Å². The Kier molecular flexibility index (Phi) is 6.95. The highest BCUT2D eigenvalue weighted by atomic mass is 32.2. The molecule has 0 aliphatic carbocycles. The van der Waals surface area contributed by atoms with Crippen LogP contribution >= 0.6 is 23.1 Å². The van der Waals surface area contributed by atoms with Crippen molar-refractivity contribution in [1.82, 2.24) is 0 Å². The molecule has 1 amide bonds. The van der Waals surface area contributed by atoms with E-state index < -0.39 is 5.97 Å². The lowest BCUT2D eigenvalue weighted by Gasteiger charge is -2.13. The molecular weight excluding hydrogens is 404 g/mol. The van der Waals surface area contributed by atoms with E-state index >= 15 is 0 Å². The van der Waals surface area contributed by atoms with Crippen LogP contribution in [0.5, 0.6) is 0 Å². The summed E-state index contributed by atoms with van der Waals surface area (Å²) >= 11 is 2.73. The normalized spacial score (nSPS) is 11.7. The van der Waals surface area contributed by atoms with Gasteiger partial charge in [-0.05, 0) is 37.6 Å². The van der Waals surface area contributed by atoms with E-state index in [4.69, 9.17) is 10.5 Å². The van der Waals surface area contributed by atoms with Crippen molar-refractivity contribution in [2.75, 3.05) is 17.7 Å². The smallest absolute Gasteiger partial charge is 0.341 e. The first-order chi connectivity index (χ1) is 14.0. The second-order valence-corrected chi connectivity index (χ2v) is 8.56. The lowest BCUT2D eigenvalue weighted by atomic mass is 10.0. The molecule has 3 aromatic rings. The lowest BCUT2D eigenvalue weighted by molar-refractivity contribution is -0.115. The van der Waals surface area contributed by atoms with E-state index in [2.05, 4.69) is 5.32 Å². The number of anilines is 2. The van der Waals surface area contributed by atoms with Gasteiger partial charge in [0, 0.05) is 21.5 Å². The maximum absolute atomic E-state index is 12.8. The summed E-state index contributed by atoms with van der Waals surface area (Å²) in [5, 5.41) is 4.90. The molecule has 0 radical (unpaired) electrons. The van der Waals surface area contributed by atoms with Gasteiger partial charge >= 0.3 is 5.97 Å². The molecule has 1 aromatic heterocycles. The van der Waals surface area contributed by atoms with Gasteiger partial charge in [0.25, 0.3) is 0 Å². The molecule has 1 unspecified atom stereocenters. The summed E-state index contributed by atoms with van der Waals surface area (Å²) in [6.45, 7) is 3.84. The quantitative estimate of drug-likeness (QED) is 0.305. The maximum Gasteiger partial charge on any atom is 0.341 e. The van der Waals surface area contributed by atoms with Crippen LogP contribution in [0.3, 0.4) is 0 Å². The molecular formula is C22H22N2O3S2. The van der Waals surface area contributed by atoms with Crippen LogP contribution in [0.15, 0.2) is 64.9 Å². The van der Waals surface area contributed by atoms with Gasteiger partial charge < -0.3 is 15.8 Å². The van der Waals surface area contributed by atoms with Crippen molar-refractivity contribution in [3.05, 3.63) is 65.5 Å². The van der Waals surface area contributed by atoms with Crippen molar-refractivity contribution in [2.24, 2.45) is 0 Å². The zero-order chi connectivity index (χ0) is 20.8. The van der Waals surface area contributed by atoms with Gasteiger partial charge in [0.05, 0.1) is 11.9 Å². The minimum atomic E-state index is -0.445. The molecule has 0 aliphatic rings. The highest BCUT2D eigenvalue weighted by molar-refractivity contribution is 8.00. The fraction of sp³-hybridized carbons (Fsp3) is 0.182. The van der Waals surface area contributed by atoms with E-state index in [-0.39, 0.29) is 17.8 Å². The third-order valence-electron chi connectivity index (χ3n) is 4.13. The average molecular weight is 427 g/mol. The standard InChI is InChI=1S/C22H22N2O3S2/c1-3-27-22(26)19-18(15-8-5-4-6-9-15)13-28-21(19)24-20(25)14(2)29-17-11-7-10-16(23)12-17/h4-14H,3,23H2,1-2H3,(H,24,25). The summed E-state index contributed by atoms with van der Waals surface area (Å²) in [5.41, 5.74) is 8.50. The summed E-state index contributed by atoms with van der Waals surface area (Å²) in [5.74, 6) is -0.636. The summed E-state index contributed by atoms with van der Waals surface area (Å²) in [7, 11) is 0. The Hall–Kier alpha value is -2.77. The van der Waals surface area contributed by atoms with Crippen LogP contribution in [0.2, 0.25) is 0 Å². The Morgan fingerprint density at radius 2 is 1.93 bits per heavy atom. The van der Waals surface area contributed by atoms with Crippen molar-refractivity contribution in [3.8, 4) is 11.1 Å². The topological polar surface area (TPSA) is 81.4 Å². The molecule has 0 saturated carbocycles. The molecule has 1 heterocycles. The van der Waals surface area contributed by atoms with Crippen molar-refractivity contribution in [1.29, 1.82) is 0 Å². The number of nitrogen functional groups attached to an aromatic ring is 1. The predicted molar refractivity (Wildman–Crippen MR) is 121 cm³/mol. The molecule has 150 valence electrons. The molecule has 0 saturated heterocycles. The summed E-state index contributed by atoms with van der Waals surface area (Å²) in [4.78, 5) is 26.3. The molecule has 0 bridgehead atoms. The minimum absolute atomic E-state index is 0.190. The monoisotopic (exact) mass is 426 g/mol. The minimum Gasteiger partial charge on any atom is -0.462 e. The molecule has 1 atom stereocenters. The fourth-order valence-electron chi connectivity index (χ4n) is 2.75. The number of nitrogens with one attached hydrogen (secondary N) is 1. The highest BCUT2D eigenvalue weighted by Crippen LogP contribution is 2.37. The van der Waals surface area contributed by atoms with Crippen LogP contribution in [0.4, 0.5) is 10.7 Å². The fourth-order valence-corrected chi connectivity index (χ4v) is 4.64. The lowest BCUT2D eigenvalue weighted by Crippen LogP contribution is -2.23. The third kappa shape index (κ3) is 5.19. The number of ether oxygens (including phenoxy) is 1. The van der Waals surface area contributed by atoms with E-state index in [1.807, 2.05) is 60.8 Å². The van der Waals surface area contributed by atoms with E-state index in [1.165, 1.54) is 23.1 Å². The van der Waals surface area contributed by atoms with Crippen LogP contribution in [0.1, 0.15) is 24.2 Å². The molecule has 3 N–H and O–H groups in total. The van der Waals surface area contributed by atoms with Crippen molar-refractivity contribution >= 4 is 45.7 Å². The second-order valence-electron chi connectivity index (χ2n) is 6.26. The van der Waals surface area contributed by atoms with Crippen LogP contribution in [-0.4, -0.2) is 23.7 Å². The molecule has 2 aromatic carbocycles. The number of hydrogen-bond donors (Lipinski definition) is 2. The average Bonchev–Trinajstić information content (AvgIpc) is 3.12. The Bertz CT molecular complexity index is 1000. The number of benzene rings is 2. The van der Waals surface area contributed by atoms with Gasteiger partial charge in [0.1, 0.15) is 10.6 Å². The van der Waals surface area contributed by atoms with Crippen molar-refractivity contribution < 1.29 is 14.3 Å². The van der Waals surface area contributed by atoms with E-state index in [1.54, 1.807) is 13.0 Å². The summed E-state index contributed by atoms with van der Waals surface area (Å²) in [6, 6.07) is 17.0. The number of carbonyl (C=O) groups excluding carboxylic acids is 2. The van der Waals surface area contributed by atoms with Crippen LogP contribution in [-0.2, 0) is 9.53 Å². The maximum atomic E-state index is 12.8. The SMILES string of the molecule is CCOC(=O)c1c(-c2ccccc2)csc1NC(=O)C(C)Sc1cccc(N)c1. The molecule has 5 nitrogen and oxygen atoms in total. The number of thiophene rings is 1. The number of hydrogen-bond acceptors (Lipinski definition) is 6. The number of thioether (sulfide) groups is 1. The molecule has 0 aliphatic heterocycles. The van der Waals surface area contributed by atoms with Crippen LogP contribution in [0, 0.1) is 0 Å². The van der Waals surface area contributed by atoms with Crippen LogP contribution in [0.25, 0.3) is 11.1 Å². The van der Waals surface area contributed by atoms with E-state index in [9.17, 15) is 9.59 Å². The second kappa shape index (κ2) is 9.62. The predicted octanol–water partition coefficient (Wildman–Crippen LogP) is 5.29. The number of carbonyl (C=O) groups is 2. The first kappa shape index (κ1) is 21.0. The molecule has 0 fully saturated rings. The summed E-state index contributed by atoms with van der Waals surface area (Å²) in [6.07, 6.45) is 0. The Balaban J connectivity index is 1.83. The molecule has 7 heteroatoms. The molecule has 29 heavy (non-hydrogen) atoms. The van der Waals surface area contributed by atoms with Gasteiger partial charge in [-0.2, -0.15) is 0 Å². The van der Waals surface area contributed by atoms with Gasteiger partial charge in [-0.3, -0.25) is 4.79 Å². The number of esters is 1. The summed E-state index contributed by atoms with van der Waals surface area (Å²) < 4.78 is 5.24.